The summed E-state index contributed by atoms with van der Waals surface area (Å²) in [6.07, 6.45) is 0. The molecule has 4 heteroatoms. The average Bonchev–Trinajstić information content (AvgIpc) is 2.88. The Morgan fingerprint density at radius 2 is 1.35 bits per heavy atom. The maximum Gasteiger partial charge on any atom is 0.155 e. The average molecular weight is 264 g/mol. The molecule has 0 atom stereocenters. The Morgan fingerprint density at radius 1 is 0.941 bits per heavy atom. The Bertz CT molecular complexity index is 474. The van der Waals surface area contributed by atoms with Crippen LogP contribution < -0.4 is 0 Å². The van der Waals surface area contributed by atoms with Crippen LogP contribution in [0.1, 0.15) is 23.6 Å². The number of hydrogen-bond donors (Lipinski definition) is 0. The molecule has 0 fully saturated rings. The number of ketones is 2. The van der Waals surface area contributed by atoms with Crippen LogP contribution in [-0.2, 0) is 15.0 Å². The van der Waals surface area contributed by atoms with Gasteiger partial charge in [-0.3, -0.25) is 9.59 Å². The van der Waals surface area contributed by atoms with E-state index in [9.17, 15) is 9.59 Å². The number of carbonyl (C=O) groups excluding carboxylic acids is 2. The maximum atomic E-state index is 12.1. The Labute approximate surface area is 108 Å². The highest BCUT2D eigenvalue weighted by Crippen LogP contribution is 2.39. The molecule has 0 saturated carbocycles. The van der Waals surface area contributed by atoms with Crippen molar-refractivity contribution in [3.8, 4) is 0 Å². The van der Waals surface area contributed by atoms with E-state index < -0.39 is 5.41 Å². The lowest BCUT2D eigenvalue weighted by Gasteiger charge is -2.26. The lowest BCUT2D eigenvalue weighted by molar-refractivity contribution is -0.130. The Kier molecular flexibility index (Phi) is 3.26. The number of hydrogen-bond acceptors (Lipinski definition) is 4. The predicted octanol–water partition coefficient (Wildman–Crippen LogP) is 3.27. The van der Waals surface area contributed by atoms with Crippen molar-refractivity contribution in [1.29, 1.82) is 0 Å². The van der Waals surface area contributed by atoms with E-state index in [-0.39, 0.29) is 11.6 Å². The zero-order valence-corrected chi connectivity index (χ0v) is 11.2. The minimum atomic E-state index is -1.09. The van der Waals surface area contributed by atoms with Crippen LogP contribution in [-0.4, -0.2) is 11.6 Å². The van der Waals surface area contributed by atoms with Gasteiger partial charge < -0.3 is 0 Å². The fraction of sp³-hybridized carbons (Fsp3) is 0.231. The summed E-state index contributed by atoms with van der Waals surface area (Å²) in [6.45, 7) is 2.97. The molecule has 17 heavy (non-hydrogen) atoms. The van der Waals surface area contributed by atoms with Crippen molar-refractivity contribution in [3.63, 3.8) is 0 Å². The third-order valence-corrected chi connectivity index (χ3v) is 4.82. The first-order valence-corrected chi connectivity index (χ1v) is 6.96. The van der Waals surface area contributed by atoms with Crippen LogP contribution >= 0.6 is 22.7 Å². The van der Waals surface area contributed by atoms with Crippen LogP contribution in [0.15, 0.2) is 35.0 Å². The van der Waals surface area contributed by atoms with E-state index >= 15 is 0 Å². The van der Waals surface area contributed by atoms with Crippen molar-refractivity contribution in [2.75, 3.05) is 0 Å². The van der Waals surface area contributed by atoms with E-state index in [0.29, 0.717) is 0 Å². The van der Waals surface area contributed by atoms with Crippen molar-refractivity contribution < 1.29 is 9.59 Å². The normalized spacial score (nSPS) is 11.4. The van der Waals surface area contributed by atoms with E-state index in [1.807, 2.05) is 35.0 Å². The van der Waals surface area contributed by atoms with Gasteiger partial charge in [-0.05, 0) is 36.7 Å². The van der Waals surface area contributed by atoms with Gasteiger partial charge in [-0.1, -0.05) is 12.1 Å². The first-order valence-electron chi connectivity index (χ1n) is 5.20. The summed E-state index contributed by atoms with van der Waals surface area (Å²) in [7, 11) is 0. The Morgan fingerprint density at radius 3 is 1.59 bits per heavy atom. The number of thiophene rings is 2. The highest BCUT2D eigenvalue weighted by Gasteiger charge is 2.45. The van der Waals surface area contributed by atoms with Crippen molar-refractivity contribution in [2.45, 2.75) is 19.3 Å². The molecule has 0 bridgehead atoms. The minimum absolute atomic E-state index is 0.116. The molecule has 0 unspecified atom stereocenters. The zero-order valence-electron chi connectivity index (χ0n) is 9.60. The predicted molar refractivity (Wildman–Crippen MR) is 70.8 cm³/mol. The van der Waals surface area contributed by atoms with Crippen LogP contribution in [0.2, 0.25) is 0 Å². The molecule has 0 amide bonds. The fourth-order valence-electron chi connectivity index (χ4n) is 2.05. The van der Waals surface area contributed by atoms with E-state index in [4.69, 9.17) is 0 Å². The molecule has 0 aliphatic heterocycles. The summed E-state index contributed by atoms with van der Waals surface area (Å²) in [4.78, 5) is 25.8. The largest absolute Gasteiger partial charge is 0.298 e. The van der Waals surface area contributed by atoms with Crippen molar-refractivity contribution in [2.24, 2.45) is 0 Å². The Hall–Kier alpha value is -1.26. The molecule has 0 aliphatic rings. The van der Waals surface area contributed by atoms with E-state index in [1.165, 1.54) is 36.5 Å². The van der Waals surface area contributed by atoms with Crippen molar-refractivity contribution in [1.82, 2.24) is 0 Å². The van der Waals surface area contributed by atoms with Gasteiger partial charge in [-0.25, -0.2) is 0 Å². The molecule has 2 rings (SSSR count). The van der Waals surface area contributed by atoms with Crippen LogP contribution in [0.4, 0.5) is 0 Å². The standard InChI is InChI=1S/C13H12O2S2/c1-9(14)13(10(2)15,11-5-3-7-16-11)12-6-4-8-17-12/h3-8H,1-2H3. The monoisotopic (exact) mass is 264 g/mol. The Balaban J connectivity index is 2.73. The van der Waals surface area contributed by atoms with E-state index in [0.717, 1.165) is 9.75 Å². The molecule has 0 radical (unpaired) electrons. The van der Waals surface area contributed by atoms with Crippen molar-refractivity contribution >= 4 is 34.2 Å². The minimum Gasteiger partial charge on any atom is -0.298 e. The number of Topliss-reactive ketones (excluding diaryl/α,β-unsaturated/α-hetero) is 2. The topological polar surface area (TPSA) is 34.1 Å². The van der Waals surface area contributed by atoms with Crippen LogP contribution in [0, 0.1) is 0 Å². The molecule has 2 heterocycles. The highest BCUT2D eigenvalue weighted by atomic mass is 32.1. The molecule has 2 aromatic rings. The summed E-state index contributed by atoms with van der Waals surface area (Å²) in [5.41, 5.74) is -1.09. The summed E-state index contributed by atoms with van der Waals surface area (Å²) >= 11 is 2.90. The third kappa shape index (κ3) is 1.77. The maximum absolute atomic E-state index is 12.1. The van der Waals surface area contributed by atoms with Crippen LogP contribution in [0.25, 0.3) is 0 Å². The van der Waals surface area contributed by atoms with Crippen molar-refractivity contribution in [3.05, 3.63) is 44.8 Å². The molecular weight excluding hydrogens is 252 g/mol. The molecule has 0 aromatic carbocycles. The molecule has 2 nitrogen and oxygen atoms in total. The highest BCUT2D eigenvalue weighted by molar-refractivity contribution is 7.12. The number of carbonyl (C=O) groups is 2. The molecule has 88 valence electrons. The molecule has 0 saturated heterocycles. The van der Waals surface area contributed by atoms with Gasteiger partial charge in [0.25, 0.3) is 0 Å². The van der Waals surface area contributed by atoms with Gasteiger partial charge in [-0.15, -0.1) is 22.7 Å². The first kappa shape index (κ1) is 12.2. The second-order valence-corrected chi connectivity index (χ2v) is 5.71. The summed E-state index contributed by atoms with van der Waals surface area (Å²) < 4.78 is 0. The molecule has 0 aliphatic carbocycles. The lowest BCUT2D eigenvalue weighted by Crippen LogP contribution is -2.40. The van der Waals surface area contributed by atoms with Gasteiger partial charge >= 0.3 is 0 Å². The van der Waals surface area contributed by atoms with Gasteiger partial charge in [-0.2, -0.15) is 0 Å². The van der Waals surface area contributed by atoms with Crippen LogP contribution in [0.3, 0.4) is 0 Å². The second-order valence-electron chi connectivity index (χ2n) is 3.82. The first-order chi connectivity index (χ1) is 8.10. The summed E-state index contributed by atoms with van der Waals surface area (Å²) in [5.74, 6) is -0.232. The van der Waals surface area contributed by atoms with Gasteiger partial charge in [0.15, 0.2) is 17.0 Å². The zero-order chi connectivity index (χ0) is 12.5. The lowest BCUT2D eigenvalue weighted by atomic mass is 9.77. The second kappa shape index (κ2) is 4.55. The molecule has 2 aromatic heterocycles. The van der Waals surface area contributed by atoms with Gasteiger partial charge in [0.2, 0.25) is 0 Å². The molecule has 0 spiro atoms. The third-order valence-electron chi connectivity index (χ3n) is 2.84. The SMILES string of the molecule is CC(=O)C(C(C)=O)(c1cccs1)c1cccs1. The van der Waals surface area contributed by atoms with Gasteiger partial charge in [0.05, 0.1) is 0 Å². The smallest absolute Gasteiger partial charge is 0.155 e. The van der Waals surface area contributed by atoms with E-state index in [2.05, 4.69) is 0 Å². The fourth-order valence-corrected chi connectivity index (χ4v) is 4.18. The summed E-state index contributed by atoms with van der Waals surface area (Å²) in [5, 5.41) is 3.78. The molecule has 0 N–H and O–H groups in total. The van der Waals surface area contributed by atoms with Crippen LogP contribution in [0.5, 0.6) is 0 Å². The number of rotatable bonds is 4. The quantitative estimate of drug-likeness (QED) is 0.794. The van der Waals surface area contributed by atoms with Gasteiger partial charge in [0, 0.05) is 9.75 Å². The van der Waals surface area contributed by atoms with Gasteiger partial charge in [0.1, 0.15) is 0 Å². The van der Waals surface area contributed by atoms with E-state index in [1.54, 1.807) is 0 Å². The summed E-state index contributed by atoms with van der Waals surface area (Å²) in [6, 6.07) is 7.45. The molecular formula is C13H12O2S2.